The summed E-state index contributed by atoms with van der Waals surface area (Å²) >= 11 is 0.917. The molecule has 0 radical (unpaired) electrons. The number of benzene rings is 1. The molecule has 3 aromatic rings. The summed E-state index contributed by atoms with van der Waals surface area (Å²) in [5.41, 5.74) is 9.17. The normalized spacial score (nSPS) is 11.2. The molecule has 40 heavy (non-hydrogen) atoms. The number of rotatable bonds is 11. The predicted molar refractivity (Wildman–Crippen MR) is 138 cm³/mol. The fraction of sp³-hybridized carbons (Fsp3) is 0.292. The van der Waals surface area contributed by atoms with E-state index >= 15 is 0 Å². The second-order valence-corrected chi connectivity index (χ2v) is 8.88. The number of allylic oxidation sites excluding steroid dienone is 1. The third-order valence-electron chi connectivity index (χ3n) is 4.78. The zero-order valence-electron chi connectivity index (χ0n) is 20.9. The number of nitrogens with one attached hydrogen (secondary N) is 1. The smallest absolute Gasteiger partial charge is 0.453 e. The Balaban J connectivity index is 0.00000103. The number of carbonyl (C=O) groups excluding carboxylic acids is 3. The van der Waals surface area contributed by atoms with E-state index in [0.29, 0.717) is 17.8 Å². The van der Waals surface area contributed by atoms with E-state index in [0.717, 1.165) is 17.4 Å². The molecular weight excluding hydrogens is 562 g/mol. The summed E-state index contributed by atoms with van der Waals surface area (Å²) < 4.78 is 61.3. The van der Waals surface area contributed by atoms with Crippen molar-refractivity contribution in [1.29, 1.82) is 0 Å². The second-order valence-electron chi connectivity index (χ2n) is 7.80. The number of hydrogen-bond donors (Lipinski definition) is 3. The molecule has 1 aromatic carbocycles. The fourth-order valence-corrected chi connectivity index (χ4v) is 4.02. The Hall–Kier alpha value is -4.47. The molecule has 0 saturated heterocycles. The molecule has 3 amide bonds. The molecule has 0 atom stereocenters. The average molecular weight is 588 g/mol. The molecular formula is C24H25F4N5O6S. The van der Waals surface area contributed by atoms with Gasteiger partial charge in [0, 0.05) is 12.6 Å². The van der Waals surface area contributed by atoms with Crippen LogP contribution in [-0.4, -0.2) is 47.1 Å². The van der Waals surface area contributed by atoms with Gasteiger partial charge in [-0.05, 0) is 43.2 Å². The van der Waals surface area contributed by atoms with Crippen molar-refractivity contribution in [2.75, 3.05) is 12.4 Å². The number of halogens is 4. The molecule has 2 aromatic heterocycles. The van der Waals surface area contributed by atoms with Crippen LogP contribution in [0.3, 0.4) is 0 Å². The van der Waals surface area contributed by atoms with Crippen molar-refractivity contribution in [2.24, 2.45) is 11.5 Å². The maximum Gasteiger partial charge on any atom is 0.461 e. The van der Waals surface area contributed by atoms with Crippen molar-refractivity contribution in [2.45, 2.75) is 38.3 Å². The Labute approximate surface area is 228 Å². The molecule has 2 heterocycles. The number of amides is 3. The van der Waals surface area contributed by atoms with Gasteiger partial charge in [0.25, 0.3) is 5.56 Å². The highest BCUT2D eigenvalue weighted by Gasteiger charge is 2.44. The molecule has 0 bridgehead atoms. The number of ether oxygens (including phenoxy) is 2. The van der Waals surface area contributed by atoms with Gasteiger partial charge in [0.2, 0.25) is 11.8 Å². The number of alkyl halides is 4. The van der Waals surface area contributed by atoms with Crippen molar-refractivity contribution < 1.29 is 41.4 Å². The lowest BCUT2D eigenvalue weighted by Gasteiger charge is -2.16. The topological polar surface area (TPSA) is 169 Å². The standard InChI is InChI=1S/C22H20F4N4O4S.C2H5NO2/c23-21(24)22(25,26)34-15-8-4-6-13-19(15)35-18(29-13)12-30-11-5-7-14(20(30)33)28-17(32)10-3-1-2-9-16(27)31;1-5-2(3)4/h2,4-9,11,21H,1,3,10,12H2,(H2,27,31)(H,28,32);1H3,(H2,3,4)/b9-2+;. The average Bonchev–Trinajstić information content (AvgIpc) is 3.30. The maximum absolute atomic E-state index is 13.4. The molecule has 0 unspecified atom stereocenters. The number of pyridine rings is 1. The summed E-state index contributed by atoms with van der Waals surface area (Å²) in [6.07, 6.45) is -4.19. The van der Waals surface area contributed by atoms with Gasteiger partial charge in [0.05, 0.1) is 23.9 Å². The van der Waals surface area contributed by atoms with Gasteiger partial charge in [-0.2, -0.15) is 17.6 Å². The van der Waals surface area contributed by atoms with E-state index < -0.39 is 41.8 Å². The number of primary amides is 2. The molecule has 0 aliphatic carbocycles. The minimum Gasteiger partial charge on any atom is -0.453 e. The van der Waals surface area contributed by atoms with Gasteiger partial charge in [-0.25, -0.2) is 9.78 Å². The first-order valence-corrected chi connectivity index (χ1v) is 12.2. The van der Waals surface area contributed by atoms with Gasteiger partial charge in [0.15, 0.2) is 0 Å². The Bertz CT molecular complexity index is 1430. The Morgan fingerprint density at radius 1 is 1.20 bits per heavy atom. The monoisotopic (exact) mass is 587 g/mol. The van der Waals surface area contributed by atoms with Gasteiger partial charge in [-0.1, -0.05) is 12.1 Å². The number of thiazole rings is 1. The first-order valence-electron chi connectivity index (χ1n) is 11.4. The van der Waals surface area contributed by atoms with Crippen molar-refractivity contribution >= 4 is 45.1 Å². The van der Waals surface area contributed by atoms with Crippen molar-refractivity contribution in [3.8, 4) is 5.75 Å². The van der Waals surface area contributed by atoms with Crippen molar-refractivity contribution in [1.82, 2.24) is 9.55 Å². The van der Waals surface area contributed by atoms with E-state index in [1.54, 1.807) is 6.08 Å². The highest BCUT2D eigenvalue weighted by Crippen LogP contribution is 2.36. The van der Waals surface area contributed by atoms with E-state index in [1.807, 2.05) is 0 Å². The Kier molecular flexibility index (Phi) is 11.6. The zero-order valence-corrected chi connectivity index (χ0v) is 21.8. The molecule has 0 spiro atoms. The van der Waals surface area contributed by atoms with E-state index in [1.165, 1.54) is 48.2 Å². The van der Waals surface area contributed by atoms with Crippen LogP contribution in [0, 0.1) is 0 Å². The molecule has 0 saturated carbocycles. The zero-order chi connectivity index (χ0) is 29.9. The predicted octanol–water partition coefficient (Wildman–Crippen LogP) is 3.60. The minimum atomic E-state index is -4.67. The van der Waals surface area contributed by atoms with Crippen molar-refractivity contribution in [3.63, 3.8) is 0 Å². The summed E-state index contributed by atoms with van der Waals surface area (Å²) in [5, 5.41) is 2.87. The van der Waals surface area contributed by atoms with E-state index in [-0.39, 0.29) is 28.9 Å². The van der Waals surface area contributed by atoms with Crippen LogP contribution in [-0.2, 0) is 20.9 Å². The van der Waals surface area contributed by atoms with Gasteiger partial charge < -0.3 is 30.8 Å². The quantitative estimate of drug-likeness (QED) is 0.175. The third kappa shape index (κ3) is 9.68. The molecule has 0 aliphatic heterocycles. The Morgan fingerprint density at radius 2 is 1.90 bits per heavy atom. The van der Waals surface area contributed by atoms with E-state index in [9.17, 15) is 36.7 Å². The van der Waals surface area contributed by atoms with Crippen LogP contribution in [0.5, 0.6) is 5.75 Å². The fourth-order valence-electron chi connectivity index (χ4n) is 3.00. The first kappa shape index (κ1) is 31.7. The Morgan fingerprint density at radius 3 is 2.52 bits per heavy atom. The molecule has 11 nitrogen and oxygen atoms in total. The van der Waals surface area contributed by atoms with E-state index in [2.05, 4.69) is 25.5 Å². The summed E-state index contributed by atoms with van der Waals surface area (Å²) in [6.45, 7) is -0.0511. The lowest BCUT2D eigenvalue weighted by molar-refractivity contribution is -0.252. The third-order valence-corrected chi connectivity index (χ3v) is 5.85. The number of carbonyl (C=O) groups is 3. The first-order chi connectivity index (χ1) is 18.8. The molecule has 16 heteroatoms. The summed E-state index contributed by atoms with van der Waals surface area (Å²) in [7, 11) is 1.22. The number of methoxy groups -OCH3 is 1. The number of fused-ring (bicyclic) bond motifs is 1. The molecule has 5 N–H and O–H groups in total. The van der Waals surface area contributed by atoms with Gasteiger partial charge in [-0.3, -0.25) is 14.4 Å². The largest absolute Gasteiger partial charge is 0.461 e. The van der Waals surface area contributed by atoms with Crippen LogP contribution in [0.4, 0.5) is 28.0 Å². The summed E-state index contributed by atoms with van der Waals surface area (Å²) in [5.74, 6) is -1.42. The maximum atomic E-state index is 13.4. The number of nitrogens with zero attached hydrogens (tertiary/aromatic N) is 2. The number of hydrogen-bond acceptors (Lipinski definition) is 8. The van der Waals surface area contributed by atoms with Crippen LogP contribution in [0.2, 0.25) is 0 Å². The minimum absolute atomic E-state index is 0.0342. The lowest BCUT2D eigenvalue weighted by atomic mass is 10.2. The van der Waals surface area contributed by atoms with Crippen molar-refractivity contribution in [3.05, 3.63) is 64.0 Å². The number of aromatic nitrogens is 2. The highest BCUT2D eigenvalue weighted by molar-refractivity contribution is 7.19. The van der Waals surface area contributed by atoms with Crippen LogP contribution < -0.4 is 27.1 Å². The lowest BCUT2D eigenvalue weighted by Crippen LogP contribution is -2.33. The van der Waals surface area contributed by atoms with Gasteiger partial charge in [0.1, 0.15) is 16.4 Å². The molecule has 3 rings (SSSR count). The number of unbranched alkanes of at least 4 members (excludes halogenated alkanes) is 1. The van der Waals surface area contributed by atoms with Crippen LogP contribution >= 0.6 is 11.3 Å². The van der Waals surface area contributed by atoms with Crippen LogP contribution in [0.1, 0.15) is 24.3 Å². The number of nitrogens with two attached hydrogens (primary N) is 2. The summed E-state index contributed by atoms with van der Waals surface area (Å²) in [6, 6.07) is 6.94. The molecule has 0 fully saturated rings. The van der Waals surface area contributed by atoms with Gasteiger partial charge >= 0.3 is 18.6 Å². The van der Waals surface area contributed by atoms with Crippen LogP contribution in [0.25, 0.3) is 10.2 Å². The van der Waals surface area contributed by atoms with Gasteiger partial charge in [-0.15, -0.1) is 11.3 Å². The molecule has 0 aliphatic rings. The highest BCUT2D eigenvalue weighted by atomic mass is 32.1. The van der Waals surface area contributed by atoms with E-state index in [4.69, 9.17) is 5.73 Å². The molecule has 216 valence electrons. The number of anilines is 1. The second kappa shape index (κ2) is 14.6. The summed E-state index contributed by atoms with van der Waals surface area (Å²) in [4.78, 5) is 49.2. The SMILES string of the molecule is COC(N)=O.NC(=O)/C=C/CCCC(=O)Nc1cccn(Cc2nc3cccc(OC(F)(F)C(F)F)c3s2)c1=O. The van der Waals surface area contributed by atoms with Crippen LogP contribution in [0.15, 0.2) is 53.5 Å².